The van der Waals surface area contributed by atoms with Crippen LogP contribution in [0.2, 0.25) is 0 Å². The van der Waals surface area contributed by atoms with Crippen LogP contribution in [0.25, 0.3) is 16.9 Å². The predicted molar refractivity (Wildman–Crippen MR) is 112 cm³/mol. The van der Waals surface area contributed by atoms with Gasteiger partial charge in [0, 0.05) is 23.0 Å². The molecule has 0 aliphatic rings. The van der Waals surface area contributed by atoms with E-state index in [4.69, 9.17) is 14.2 Å². The van der Waals surface area contributed by atoms with Crippen LogP contribution in [-0.4, -0.2) is 37.0 Å². The minimum Gasteiger partial charge on any atom is -0.497 e. The number of aromatic nitrogens is 1. The summed E-state index contributed by atoms with van der Waals surface area (Å²) in [4.78, 5) is 12.1. The van der Waals surface area contributed by atoms with E-state index < -0.39 is 5.97 Å². The van der Waals surface area contributed by atoms with Crippen molar-refractivity contribution in [2.24, 2.45) is 0 Å². The highest BCUT2D eigenvalue weighted by Gasteiger charge is 2.27. The van der Waals surface area contributed by atoms with Gasteiger partial charge in [-0.3, -0.25) is 0 Å². The van der Waals surface area contributed by atoms with E-state index in [0.29, 0.717) is 29.2 Å². The fraction of sp³-hybridized carbons (Fsp3) is 0.261. The molecule has 0 radical (unpaired) electrons. The van der Waals surface area contributed by atoms with Gasteiger partial charge in [0.05, 0.1) is 32.6 Å². The summed E-state index contributed by atoms with van der Waals surface area (Å²) in [5.74, 6) is 1.07. The Morgan fingerprint density at radius 1 is 0.966 bits per heavy atom. The molecule has 2 aromatic carbocycles. The van der Waals surface area contributed by atoms with Crippen molar-refractivity contribution in [2.45, 2.75) is 20.3 Å². The van der Waals surface area contributed by atoms with Gasteiger partial charge >= 0.3 is 5.97 Å². The lowest BCUT2D eigenvalue weighted by Gasteiger charge is -2.17. The summed E-state index contributed by atoms with van der Waals surface area (Å²) >= 11 is 0. The zero-order valence-electron chi connectivity index (χ0n) is 17.3. The number of hydrogen-bond acceptors (Lipinski definition) is 4. The maximum Gasteiger partial charge on any atom is 0.337 e. The Morgan fingerprint density at radius 3 is 2.10 bits per heavy atom. The fourth-order valence-electron chi connectivity index (χ4n) is 3.71. The summed E-state index contributed by atoms with van der Waals surface area (Å²) in [6.45, 7) is 3.78. The Kier molecular flexibility index (Phi) is 5.82. The normalized spacial score (nSPS) is 10.7. The topological polar surface area (TPSA) is 69.9 Å². The third-order valence-electron chi connectivity index (χ3n) is 5.07. The van der Waals surface area contributed by atoms with Crippen LogP contribution < -0.4 is 14.2 Å². The third kappa shape index (κ3) is 3.53. The standard InChI is InChI=1S/C23H25NO5/c1-6-18-21(23(25)26)14(2)24(15-7-9-16(27-3)10-8-15)22(18)19-12-11-17(28-4)13-20(19)29-5/h7-13H,6H2,1-5H3,(H,25,26). The summed E-state index contributed by atoms with van der Waals surface area (Å²) in [5, 5.41) is 9.92. The largest absolute Gasteiger partial charge is 0.497 e. The fourth-order valence-corrected chi connectivity index (χ4v) is 3.71. The first-order valence-corrected chi connectivity index (χ1v) is 9.31. The maximum absolute atomic E-state index is 12.1. The molecule has 0 aliphatic carbocycles. The molecule has 0 saturated heterocycles. The summed E-state index contributed by atoms with van der Waals surface area (Å²) < 4.78 is 18.2. The lowest BCUT2D eigenvalue weighted by molar-refractivity contribution is 0.0695. The summed E-state index contributed by atoms with van der Waals surface area (Å²) in [5.41, 5.74) is 4.18. The Hall–Kier alpha value is -3.41. The smallest absolute Gasteiger partial charge is 0.337 e. The number of carboxylic acid groups (broad SMARTS) is 1. The zero-order valence-corrected chi connectivity index (χ0v) is 17.3. The quantitative estimate of drug-likeness (QED) is 0.626. The second kappa shape index (κ2) is 8.31. The average molecular weight is 395 g/mol. The Labute approximate surface area is 170 Å². The highest BCUT2D eigenvalue weighted by atomic mass is 16.5. The summed E-state index contributed by atoms with van der Waals surface area (Å²) in [7, 11) is 4.80. The van der Waals surface area contributed by atoms with Crippen molar-refractivity contribution in [1.82, 2.24) is 4.57 Å². The molecule has 0 aliphatic heterocycles. The molecule has 0 atom stereocenters. The number of ether oxygens (including phenoxy) is 3. The molecule has 0 saturated carbocycles. The molecule has 3 rings (SSSR count). The van der Waals surface area contributed by atoms with E-state index in [9.17, 15) is 9.90 Å². The molecule has 6 heteroatoms. The first kappa shape index (κ1) is 20.3. The third-order valence-corrected chi connectivity index (χ3v) is 5.07. The number of rotatable bonds is 7. The van der Waals surface area contributed by atoms with E-state index in [-0.39, 0.29) is 0 Å². The lowest BCUT2D eigenvalue weighted by Crippen LogP contribution is -2.03. The Bertz CT molecular complexity index is 1030. The molecule has 0 unspecified atom stereocenters. The van der Waals surface area contributed by atoms with Crippen molar-refractivity contribution in [2.75, 3.05) is 21.3 Å². The highest BCUT2D eigenvalue weighted by Crippen LogP contribution is 2.40. The molecule has 29 heavy (non-hydrogen) atoms. The van der Waals surface area contributed by atoms with Crippen molar-refractivity contribution < 1.29 is 24.1 Å². The second-order valence-electron chi connectivity index (χ2n) is 6.55. The van der Waals surface area contributed by atoms with Gasteiger partial charge in [-0.2, -0.15) is 0 Å². The number of benzene rings is 2. The number of methoxy groups -OCH3 is 3. The van der Waals surface area contributed by atoms with Gasteiger partial charge in [-0.25, -0.2) is 4.79 Å². The van der Waals surface area contributed by atoms with E-state index in [1.807, 2.05) is 54.8 Å². The molecule has 3 aromatic rings. The van der Waals surface area contributed by atoms with E-state index in [1.165, 1.54) is 0 Å². The first-order valence-electron chi connectivity index (χ1n) is 9.31. The molecular weight excluding hydrogens is 370 g/mol. The van der Waals surface area contributed by atoms with Gasteiger partial charge < -0.3 is 23.9 Å². The Balaban J connectivity index is 2.38. The lowest BCUT2D eigenvalue weighted by atomic mass is 10.0. The van der Waals surface area contributed by atoms with Gasteiger partial charge in [0.1, 0.15) is 17.2 Å². The molecule has 0 bridgehead atoms. The van der Waals surface area contributed by atoms with Crippen LogP contribution >= 0.6 is 0 Å². The van der Waals surface area contributed by atoms with Gasteiger partial charge in [0.25, 0.3) is 0 Å². The molecule has 0 fully saturated rings. The molecule has 1 heterocycles. The first-order chi connectivity index (χ1) is 14.0. The number of carboxylic acids is 1. The van der Waals surface area contributed by atoms with Crippen LogP contribution in [0, 0.1) is 6.92 Å². The van der Waals surface area contributed by atoms with E-state index in [0.717, 1.165) is 28.3 Å². The molecule has 6 nitrogen and oxygen atoms in total. The van der Waals surface area contributed by atoms with E-state index in [1.54, 1.807) is 27.4 Å². The SMILES string of the molecule is CCc1c(C(=O)O)c(C)n(-c2ccc(OC)cc2)c1-c1ccc(OC)cc1OC. The van der Waals surface area contributed by atoms with Crippen LogP contribution in [0.4, 0.5) is 0 Å². The van der Waals surface area contributed by atoms with E-state index in [2.05, 4.69) is 0 Å². The predicted octanol–water partition coefficient (Wildman–Crippen LogP) is 4.74. The molecule has 1 aromatic heterocycles. The van der Waals surface area contributed by atoms with Gasteiger partial charge in [-0.05, 0) is 55.3 Å². The number of nitrogens with zero attached hydrogens (tertiary/aromatic N) is 1. The van der Waals surface area contributed by atoms with Crippen LogP contribution in [0.15, 0.2) is 42.5 Å². The van der Waals surface area contributed by atoms with Crippen molar-refractivity contribution in [3.63, 3.8) is 0 Å². The molecule has 0 spiro atoms. The van der Waals surface area contributed by atoms with Crippen LogP contribution in [0.3, 0.4) is 0 Å². The minimum atomic E-state index is -0.944. The van der Waals surface area contributed by atoms with Crippen LogP contribution in [0.5, 0.6) is 17.2 Å². The number of hydrogen-bond donors (Lipinski definition) is 1. The zero-order chi connectivity index (χ0) is 21.1. The van der Waals surface area contributed by atoms with Crippen molar-refractivity contribution in [3.8, 4) is 34.2 Å². The molecular formula is C23H25NO5. The van der Waals surface area contributed by atoms with Gasteiger partial charge in [-0.1, -0.05) is 6.92 Å². The van der Waals surface area contributed by atoms with Crippen LogP contribution in [0.1, 0.15) is 28.5 Å². The van der Waals surface area contributed by atoms with Gasteiger partial charge in [0.15, 0.2) is 0 Å². The number of aromatic carboxylic acids is 1. The average Bonchev–Trinajstić information content (AvgIpc) is 3.05. The van der Waals surface area contributed by atoms with Crippen molar-refractivity contribution in [1.29, 1.82) is 0 Å². The van der Waals surface area contributed by atoms with Gasteiger partial charge in [-0.15, -0.1) is 0 Å². The highest BCUT2D eigenvalue weighted by molar-refractivity contribution is 5.95. The molecule has 1 N–H and O–H groups in total. The molecule has 152 valence electrons. The monoisotopic (exact) mass is 395 g/mol. The summed E-state index contributed by atoms with van der Waals surface area (Å²) in [6.07, 6.45) is 0.566. The minimum absolute atomic E-state index is 0.316. The maximum atomic E-state index is 12.1. The second-order valence-corrected chi connectivity index (χ2v) is 6.55. The van der Waals surface area contributed by atoms with E-state index >= 15 is 0 Å². The van der Waals surface area contributed by atoms with Crippen LogP contribution in [-0.2, 0) is 6.42 Å². The summed E-state index contributed by atoms with van der Waals surface area (Å²) in [6, 6.07) is 13.1. The number of carbonyl (C=O) groups is 1. The van der Waals surface area contributed by atoms with Crippen molar-refractivity contribution >= 4 is 5.97 Å². The molecule has 0 amide bonds. The van der Waals surface area contributed by atoms with Crippen molar-refractivity contribution in [3.05, 3.63) is 59.3 Å². The van der Waals surface area contributed by atoms with Gasteiger partial charge in [0.2, 0.25) is 0 Å². The Morgan fingerprint density at radius 2 is 1.59 bits per heavy atom.